The molecule has 0 aliphatic heterocycles. The van der Waals surface area contributed by atoms with Gasteiger partial charge in [0.05, 0.1) is 17.8 Å². The number of alkyl halides is 2. The largest absolute Gasteiger partial charge is 0.370 e. The number of allylic oxidation sites excluding steroid dienone is 2. The number of aryl methyl sites for hydroxylation is 2. The summed E-state index contributed by atoms with van der Waals surface area (Å²) in [5.74, 6) is -1.48. The van der Waals surface area contributed by atoms with E-state index in [9.17, 15) is 22.8 Å². The van der Waals surface area contributed by atoms with Gasteiger partial charge >= 0.3 is 0 Å². The third kappa shape index (κ3) is 11.4. The molecule has 0 saturated heterocycles. The van der Waals surface area contributed by atoms with Crippen LogP contribution in [-0.4, -0.2) is 25.7 Å². The number of hydrogen-bond acceptors (Lipinski definition) is 3. The fourth-order valence-electron chi connectivity index (χ4n) is 2.24. The smallest absolute Gasteiger partial charge is 0.258 e. The number of nitrogens with one attached hydrogen (secondary N) is 1. The first-order chi connectivity index (χ1) is 13.3. The lowest BCUT2D eigenvalue weighted by Gasteiger charge is -2.08. The number of carbonyl (C=O) groups is 2. The highest BCUT2D eigenvalue weighted by Gasteiger charge is 2.16. The van der Waals surface area contributed by atoms with Crippen molar-refractivity contribution in [2.75, 3.05) is 19.2 Å². The molecule has 1 aliphatic carbocycles. The number of halogens is 3. The Balaban J connectivity index is 0. The maximum absolute atomic E-state index is 13.3. The molecule has 28 heavy (non-hydrogen) atoms. The van der Waals surface area contributed by atoms with Crippen molar-refractivity contribution in [3.05, 3.63) is 53.2 Å². The first kappa shape index (κ1) is 27.9. The Morgan fingerprint density at radius 1 is 1.25 bits per heavy atom. The molecule has 0 atom stereocenters. The molecule has 4 nitrogen and oxygen atoms in total. The Kier molecular flexibility index (Phi) is 16.7. The highest BCUT2D eigenvalue weighted by atomic mass is 32.1. The number of amides is 2. The SMILES string of the molecule is C/C(F)=C(\C=C/CF)C(=O)Nc1cc2c(s1)CCCC2.C=C.CC(N)=O.CF. The Hall–Kier alpha value is -2.35. The predicted octanol–water partition coefficient (Wildman–Crippen LogP) is 5.21. The van der Waals surface area contributed by atoms with Crippen LogP contribution in [0.25, 0.3) is 0 Å². The number of thiophene rings is 1. The van der Waals surface area contributed by atoms with E-state index >= 15 is 0 Å². The van der Waals surface area contributed by atoms with Crippen LogP contribution >= 0.6 is 11.3 Å². The summed E-state index contributed by atoms with van der Waals surface area (Å²) >= 11 is 1.54. The normalized spacial score (nSPS) is 12.6. The maximum Gasteiger partial charge on any atom is 0.258 e. The molecule has 158 valence electrons. The summed E-state index contributed by atoms with van der Waals surface area (Å²) in [6.07, 6.45) is 6.73. The number of carbonyl (C=O) groups excluding carboxylic acids is 2. The number of anilines is 1. The molecule has 1 heterocycles. The van der Waals surface area contributed by atoms with Crippen LogP contribution in [0.2, 0.25) is 0 Å². The molecule has 0 unspecified atom stereocenters. The van der Waals surface area contributed by atoms with Crippen LogP contribution in [-0.2, 0) is 22.4 Å². The van der Waals surface area contributed by atoms with Crippen molar-refractivity contribution in [2.45, 2.75) is 39.5 Å². The van der Waals surface area contributed by atoms with Gasteiger partial charge in [0.15, 0.2) is 0 Å². The molecule has 0 fully saturated rings. The number of hydrogen-bond donors (Lipinski definition) is 2. The summed E-state index contributed by atoms with van der Waals surface area (Å²) in [5.41, 5.74) is 5.62. The highest BCUT2D eigenvalue weighted by Crippen LogP contribution is 2.33. The summed E-state index contributed by atoms with van der Waals surface area (Å²) < 4.78 is 34.9. The Morgan fingerprint density at radius 2 is 1.79 bits per heavy atom. The third-order valence-electron chi connectivity index (χ3n) is 3.22. The number of primary amides is 1. The molecule has 1 aromatic heterocycles. The Morgan fingerprint density at radius 3 is 2.25 bits per heavy atom. The fourth-order valence-corrected chi connectivity index (χ4v) is 3.39. The molecule has 3 N–H and O–H groups in total. The van der Waals surface area contributed by atoms with Crippen LogP contribution in [0.1, 0.15) is 37.1 Å². The molecule has 0 saturated carbocycles. The second-order valence-electron chi connectivity index (χ2n) is 5.33. The van der Waals surface area contributed by atoms with E-state index in [0.717, 1.165) is 23.9 Å². The van der Waals surface area contributed by atoms with Gasteiger partial charge in [-0.1, -0.05) is 6.08 Å². The zero-order chi connectivity index (χ0) is 22.1. The minimum absolute atomic E-state index is 0.131. The van der Waals surface area contributed by atoms with Crippen LogP contribution in [0.15, 0.2) is 42.8 Å². The molecule has 0 spiro atoms. The van der Waals surface area contributed by atoms with E-state index in [0.29, 0.717) is 7.18 Å². The number of rotatable bonds is 4. The predicted molar refractivity (Wildman–Crippen MR) is 112 cm³/mol. The van der Waals surface area contributed by atoms with Crippen molar-refractivity contribution in [1.82, 2.24) is 0 Å². The van der Waals surface area contributed by atoms with Crippen molar-refractivity contribution < 1.29 is 22.8 Å². The van der Waals surface area contributed by atoms with Gasteiger partial charge in [0, 0.05) is 11.8 Å². The number of nitrogens with two attached hydrogens (primary N) is 1. The summed E-state index contributed by atoms with van der Waals surface area (Å²) in [6.45, 7) is 7.77. The standard InChI is InChI=1S/C15H17F2NOS.C2H5NO.C2H4.CH3F/c1-10(17)12(6-4-8-16)15(19)18-14-9-11-5-2-3-7-13(11)20-14;1-2(3)4;2*1-2/h4,6,9H,2-3,5,7-8H2,1H3,(H,18,19);1H3,(H2,3,4);1-2H2;1H3/b6-4-,12-10-;;;. The molecule has 0 aromatic carbocycles. The van der Waals surface area contributed by atoms with E-state index in [1.165, 1.54) is 43.2 Å². The van der Waals surface area contributed by atoms with Gasteiger partial charge in [-0.05, 0) is 50.3 Å². The molecular formula is C20H29F3N2O2S. The second kappa shape index (κ2) is 16.8. The van der Waals surface area contributed by atoms with E-state index < -0.39 is 18.4 Å². The molecule has 1 aliphatic rings. The average Bonchev–Trinajstić information content (AvgIpc) is 3.07. The molecular weight excluding hydrogens is 389 g/mol. The van der Waals surface area contributed by atoms with Gasteiger partial charge in [-0.25, -0.2) is 8.78 Å². The first-order valence-electron chi connectivity index (χ1n) is 8.50. The minimum Gasteiger partial charge on any atom is -0.370 e. The van der Waals surface area contributed by atoms with Crippen molar-refractivity contribution in [3.63, 3.8) is 0 Å². The first-order valence-corrected chi connectivity index (χ1v) is 9.32. The fraction of sp³-hybridized carbons (Fsp3) is 0.400. The highest BCUT2D eigenvalue weighted by molar-refractivity contribution is 7.16. The maximum atomic E-state index is 13.3. The van der Waals surface area contributed by atoms with E-state index in [1.807, 2.05) is 6.07 Å². The second-order valence-corrected chi connectivity index (χ2v) is 6.47. The van der Waals surface area contributed by atoms with Crippen molar-refractivity contribution in [2.24, 2.45) is 5.73 Å². The molecule has 2 rings (SSSR count). The van der Waals surface area contributed by atoms with Gasteiger partial charge in [0.2, 0.25) is 5.91 Å². The Bertz CT molecular complexity index is 639. The van der Waals surface area contributed by atoms with Gasteiger partial charge in [-0.15, -0.1) is 24.5 Å². The van der Waals surface area contributed by atoms with Crippen LogP contribution in [0, 0.1) is 0 Å². The summed E-state index contributed by atoms with van der Waals surface area (Å²) in [4.78, 5) is 22.5. The van der Waals surface area contributed by atoms with Crippen LogP contribution in [0.5, 0.6) is 0 Å². The summed E-state index contributed by atoms with van der Waals surface area (Å²) in [5, 5.41) is 3.43. The Labute approximate surface area is 169 Å². The zero-order valence-electron chi connectivity index (χ0n) is 16.6. The van der Waals surface area contributed by atoms with E-state index in [-0.39, 0.29) is 11.5 Å². The van der Waals surface area contributed by atoms with Crippen molar-refractivity contribution in [1.29, 1.82) is 0 Å². The molecule has 8 heteroatoms. The van der Waals surface area contributed by atoms with Gasteiger partial charge in [-0.3, -0.25) is 14.0 Å². The topological polar surface area (TPSA) is 72.2 Å². The van der Waals surface area contributed by atoms with E-state index in [2.05, 4.69) is 24.2 Å². The van der Waals surface area contributed by atoms with Gasteiger partial charge in [0.25, 0.3) is 5.91 Å². The number of fused-ring (bicyclic) bond motifs is 1. The van der Waals surface area contributed by atoms with Crippen LogP contribution < -0.4 is 11.1 Å². The monoisotopic (exact) mass is 418 g/mol. The van der Waals surface area contributed by atoms with Crippen molar-refractivity contribution in [3.8, 4) is 0 Å². The quantitative estimate of drug-likeness (QED) is 0.400. The van der Waals surface area contributed by atoms with Gasteiger partial charge in [0.1, 0.15) is 12.5 Å². The summed E-state index contributed by atoms with van der Waals surface area (Å²) in [6, 6.07) is 1.96. The lowest BCUT2D eigenvalue weighted by atomic mass is 10.00. The molecule has 0 bridgehead atoms. The lowest BCUT2D eigenvalue weighted by Crippen LogP contribution is -2.13. The third-order valence-corrected chi connectivity index (χ3v) is 4.38. The van der Waals surface area contributed by atoms with E-state index in [4.69, 9.17) is 0 Å². The summed E-state index contributed by atoms with van der Waals surface area (Å²) in [7, 11) is 0.500. The zero-order valence-corrected chi connectivity index (χ0v) is 17.4. The lowest BCUT2D eigenvalue weighted by molar-refractivity contribution is -0.116. The average molecular weight is 419 g/mol. The van der Waals surface area contributed by atoms with E-state index in [1.54, 1.807) is 11.3 Å². The van der Waals surface area contributed by atoms with Gasteiger partial charge in [-0.2, -0.15) is 0 Å². The molecule has 1 aromatic rings. The van der Waals surface area contributed by atoms with Crippen LogP contribution in [0.4, 0.5) is 18.2 Å². The molecule has 2 amide bonds. The molecule has 0 radical (unpaired) electrons. The van der Waals surface area contributed by atoms with Crippen molar-refractivity contribution >= 4 is 28.2 Å². The minimum atomic E-state index is -0.725. The van der Waals surface area contributed by atoms with Crippen LogP contribution in [0.3, 0.4) is 0 Å². The van der Waals surface area contributed by atoms with Gasteiger partial charge < -0.3 is 11.1 Å².